The zero-order chi connectivity index (χ0) is 18.7. The second-order valence-corrected chi connectivity index (χ2v) is 7.32. The number of likely N-dealkylation sites (tertiary alicyclic amines) is 1. The Balaban J connectivity index is 1.67. The average Bonchev–Trinajstić information content (AvgIpc) is 2.64. The molecule has 0 saturated carbocycles. The quantitative estimate of drug-likeness (QED) is 0.890. The molecule has 1 fully saturated rings. The number of nitrogens with one attached hydrogen (secondary N) is 1. The number of carbonyl (C=O) groups is 2. The van der Waals surface area contributed by atoms with E-state index in [1.807, 2.05) is 36.9 Å². The predicted molar refractivity (Wildman–Crippen MR) is 105 cm³/mol. The Labute approximate surface area is 155 Å². The van der Waals surface area contributed by atoms with Gasteiger partial charge in [-0.2, -0.15) is 0 Å². The lowest BCUT2D eigenvalue weighted by atomic mass is 9.98. The number of hydrogen-bond donors (Lipinski definition) is 1. The molecule has 0 spiro atoms. The average molecular weight is 350 g/mol. The van der Waals surface area contributed by atoms with E-state index in [2.05, 4.69) is 12.2 Å². The van der Waals surface area contributed by atoms with Gasteiger partial charge in [0, 0.05) is 29.9 Å². The van der Waals surface area contributed by atoms with Gasteiger partial charge in [0.15, 0.2) is 0 Å². The first-order valence-electron chi connectivity index (χ1n) is 9.22. The normalized spacial score (nSPS) is 15.0. The minimum atomic E-state index is -0.164. The van der Waals surface area contributed by atoms with E-state index in [0.29, 0.717) is 17.0 Å². The van der Waals surface area contributed by atoms with E-state index in [4.69, 9.17) is 0 Å². The van der Waals surface area contributed by atoms with E-state index in [1.165, 1.54) is 0 Å². The van der Waals surface area contributed by atoms with Gasteiger partial charge in [-0.1, -0.05) is 24.6 Å². The van der Waals surface area contributed by atoms with Gasteiger partial charge in [-0.05, 0) is 68.5 Å². The van der Waals surface area contributed by atoms with Crippen LogP contribution in [0.1, 0.15) is 51.6 Å². The van der Waals surface area contributed by atoms with Crippen LogP contribution in [0.4, 0.5) is 5.69 Å². The fraction of sp³-hybridized carbons (Fsp3) is 0.364. The van der Waals surface area contributed by atoms with Crippen LogP contribution in [0.25, 0.3) is 0 Å². The standard InChI is InChI=1S/C22H26N2O2/c1-15-10-12-24(13-11-15)22(26)19-7-5-18(6-8-19)21(25)23-20-9-4-16(2)14-17(20)3/h4-9,14-15H,10-13H2,1-3H3,(H,23,25). The number of amides is 2. The first-order valence-corrected chi connectivity index (χ1v) is 9.22. The molecule has 0 aromatic heterocycles. The Bertz CT molecular complexity index is 803. The van der Waals surface area contributed by atoms with Crippen molar-refractivity contribution in [2.45, 2.75) is 33.6 Å². The molecule has 0 unspecified atom stereocenters. The number of benzene rings is 2. The van der Waals surface area contributed by atoms with E-state index in [9.17, 15) is 9.59 Å². The number of rotatable bonds is 3. The highest BCUT2D eigenvalue weighted by Crippen LogP contribution is 2.20. The third kappa shape index (κ3) is 4.13. The minimum Gasteiger partial charge on any atom is -0.339 e. The van der Waals surface area contributed by atoms with Crippen LogP contribution in [0.15, 0.2) is 42.5 Å². The summed E-state index contributed by atoms with van der Waals surface area (Å²) in [5.41, 5.74) is 4.19. The number of carbonyl (C=O) groups excluding carboxylic acids is 2. The van der Waals surface area contributed by atoms with Crippen molar-refractivity contribution in [2.75, 3.05) is 18.4 Å². The van der Waals surface area contributed by atoms with Gasteiger partial charge < -0.3 is 10.2 Å². The van der Waals surface area contributed by atoms with Gasteiger partial charge in [-0.15, -0.1) is 0 Å². The molecule has 136 valence electrons. The van der Waals surface area contributed by atoms with Crippen molar-refractivity contribution in [2.24, 2.45) is 5.92 Å². The van der Waals surface area contributed by atoms with Gasteiger partial charge >= 0.3 is 0 Å². The Kier molecular flexibility index (Phi) is 5.40. The van der Waals surface area contributed by atoms with E-state index < -0.39 is 0 Å². The monoisotopic (exact) mass is 350 g/mol. The highest BCUT2D eigenvalue weighted by molar-refractivity contribution is 6.05. The summed E-state index contributed by atoms with van der Waals surface area (Å²) in [4.78, 5) is 27.0. The number of aryl methyl sites for hydroxylation is 2. The van der Waals surface area contributed by atoms with Crippen molar-refractivity contribution in [3.63, 3.8) is 0 Å². The Hall–Kier alpha value is -2.62. The zero-order valence-electron chi connectivity index (χ0n) is 15.7. The smallest absolute Gasteiger partial charge is 0.255 e. The van der Waals surface area contributed by atoms with Crippen molar-refractivity contribution < 1.29 is 9.59 Å². The molecule has 3 rings (SSSR count). The van der Waals surface area contributed by atoms with Crippen molar-refractivity contribution in [3.05, 3.63) is 64.7 Å². The fourth-order valence-electron chi connectivity index (χ4n) is 3.31. The molecular formula is C22H26N2O2. The Morgan fingerprint density at radius 1 is 0.962 bits per heavy atom. The van der Waals surface area contributed by atoms with E-state index in [0.717, 1.165) is 42.7 Å². The molecule has 1 N–H and O–H groups in total. The molecule has 26 heavy (non-hydrogen) atoms. The molecule has 2 amide bonds. The molecule has 1 saturated heterocycles. The molecule has 1 aliphatic heterocycles. The Morgan fingerprint density at radius 2 is 1.58 bits per heavy atom. The van der Waals surface area contributed by atoms with Crippen LogP contribution in [0.5, 0.6) is 0 Å². The third-order valence-electron chi connectivity index (χ3n) is 5.09. The number of anilines is 1. The SMILES string of the molecule is Cc1ccc(NC(=O)c2ccc(C(=O)N3CCC(C)CC3)cc2)c(C)c1. The number of nitrogens with zero attached hydrogens (tertiary/aromatic N) is 1. The van der Waals surface area contributed by atoms with Gasteiger partial charge in [0.1, 0.15) is 0 Å². The molecule has 4 nitrogen and oxygen atoms in total. The molecule has 1 heterocycles. The van der Waals surface area contributed by atoms with Crippen LogP contribution in [0, 0.1) is 19.8 Å². The highest BCUT2D eigenvalue weighted by atomic mass is 16.2. The number of hydrogen-bond acceptors (Lipinski definition) is 2. The van der Waals surface area contributed by atoms with Crippen LogP contribution in [-0.4, -0.2) is 29.8 Å². The summed E-state index contributed by atoms with van der Waals surface area (Å²) in [6.07, 6.45) is 2.12. The highest BCUT2D eigenvalue weighted by Gasteiger charge is 2.21. The molecule has 0 bridgehead atoms. The van der Waals surface area contributed by atoms with Crippen LogP contribution in [0.3, 0.4) is 0 Å². The number of piperidine rings is 1. The first-order chi connectivity index (χ1) is 12.4. The lowest BCUT2D eigenvalue weighted by molar-refractivity contribution is 0.0697. The van der Waals surface area contributed by atoms with Crippen molar-refractivity contribution in [1.82, 2.24) is 4.90 Å². The van der Waals surface area contributed by atoms with Crippen molar-refractivity contribution in [1.29, 1.82) is 0 Å². The maximum Gasteiger partial charge on any atom is 0.255 e. The Morgan fingerprint density at radius 3 is 2.19 bits per heavy atom. The second-order valence-electron chi connectivity index (χ2n) is 7.32. The molecular weight excluding hydrogens is 324 g/mol. The topological polar surface area (TPSA) is 49.4 Å². The van der Waals surface area contributed by atoms with Crippen molar-refractivity contribution >= 4 is 17.5 Å². The molecule has 2 aromatic carbocycles. The summed E-state index contributed by atoms with van der Waals surface area (Å²) in [6, 6.07) is 12.9. The van der Waals surface area contributed by atoms with E-state index in [1.54, 1.807) is 24.3 Å². The lowest BCUT2D eigenvalue weighted by Crippen LogP contribution is -2.37. The molecule has 4 heteroatoms. The lowest BCUT2D eigenvalue weighted by Gasteiger charge is -2.30. The summed E-state index contributed by atoms with van der Waals surface area (Å²) in [7, 11) is 0. The largest absolute Gasteiger partial charge is 0.339 e. The first kappa shape index (κ1) is 18.2. The van der Waals surface area contributed by atoms with Gasteiger partial charge in [0.2, 0.25) is 0 Å². The summed E-state index contributed by atoms with van der Waals surface area (Å²) in [5.74, 6) is 0.580. The summed E-state index contributed by atoms with van der Waals surface area (Å²) < 4.78 is 0. The summed E-state index contributed by atoms with van der Waals surface area (Å²) in [5, 5.41) is 2.94. The zero-order valence-corrected chi connectivity index (χ0v) is 15.7. The van der Waals surface area contributed by atoms with Crippen LogP contribution in [0.2, 0.25) is 0 Å². The molecule has 2 aromatic rings. The maximum absolute atomic E-state index is 12.6. The van der Waals surface area contributed by atoms with Gasteiger partial charge in [-0.3, -0.25) is 9.59 Å². The minimum absolute atomic E-state index is 0.0539. The molecule has 0 aliphatic carbocycles. The summed E-state index contributed by atoms with van der Waals surface area (Å²) >= 11 is 0. The van der Waals surface area contributed by atoms with E-state index in [-0.39, 0.29) is 11.8 Å². The molecule has 0 atom stereocenters. The van der Waals surface area contributed by atoms with Crippen LogP contribution < -0.4 is 5.32 Å². The maximum atomic E-state index is 12.6. The van der Waals surface area contributed by atoms with E-state index >= 15 is 0 Å². The fourth-order valence-corrected chi connectivity index (χ4v) is 3.31. The van der Waals surface area contributed by atoms with Crippen molar-refractivity contribution in [3.8, 4) is 0 Å². The van der Waals surface area contributed by atoms with Gasteiger partial charge in [0.25, 0.3) is 11.8 Å². The second kappa shape index (κ2) is 7.73. The van der Waals surface area contributed by atoms with Crippen LogP contribution >= 0.6 is 0 Å². The third-order valence-corrected chi connectivity index (χ3v) is 5.09. The van der Waals surface area contributed by atoms with Crippen LogP contribution in [-0.2, 0) is 0 Å². The van der Waals surface area contributed by atoms with Gasteiger partial charge in [0.05, 0.1) is 0 Å². The summed E-state index contributed by atoms with van der Waals surface area (Å²) in [6.45, 7) is 7.86. The molecule has 1 aliphatic rings. The molecule has 0 radical (unpaired) electrons. The van der Waals surface area contributed by atoms with Gasteiger partial charge in [-0.25, -0.2) is 0 Å². The predicted octanol–water partition coefficient (Wildman–Crippen LogP) is 4.43.